The van der Waals surface area contributed by atoms with E-state index in [-0.39, 0.29) is 17.5 Å². The Kier molecular flexibility index (Phi) is 4.86. The second-order valence-electron chi connectivity index (χ2n) is 5.28. The minimum atomic E-state index is 0.0878. The average molecular weight is 261 g/mol. The summed E-state index contributed by atoms with van der Waals surface area (Å²) in [6.07, 6.45) is 8.57. The predicted octanol–water partition coefficient (Wildman–Crippen LogP) is 3.64. The van der Waals surface area contributed by atoms with Gasteiger partial charge in [-0.1, -0.05) is 17.7 Å². The molecule has 0 heterocycles. The number of hydrogen-bond donors (Lipinski definition) is 3. The van der Waals surface area contributed by atoms with Crippen LogP contribution in [-0.4, -0.2) is 16.8 Å². The lowest BCUT2D eigenvalue weighted by Crippen LogP contribution is -2.20. The first-order valence-electron chi connectivity index (χ1n) is 7.10. The zero-order valence-corrected chi connectivity index (χ0v) is 11.5. The lowest BCUT2D eigenvalue weighted by Gasteiger charge is -2.17. The van der Waals surface area contributed by atoms with E-state index in [9.17, 15) is 10.2 Å². The number of hydrogen-bond acceptors (Lipinski definition) is 3. The molecule has 0 fully saturated rings. The molecule has 2 rings (SSSR count). The molecule has 0 saturated heterocycles. The summed E-state index contributed by atoms with van der Waals surface area (Å²) >= 11 is 0. The van der Waals surface area contributed by atoms with Gasteiger partial charge in [0, 0.05) is 17.7 Å². The van der Waals surface area contributed by atoms with Crippen LogP contribution in [0.3, 0.4) is 0 Å². The van der Waals surface area contributed by atoms with Crippen molar-refractivity contribution >= 4 is 0 Å². The van der Waals surface area contributed by atoms with Crippen molar-refractivity contribution in [1.82, 2.24) is 5.32 Å². The first kappa shape index (κ1) is 13.9. The molecule has 1 aliphatic rings. The van der Waals surface area contributed by atoms with Crippen LogP contribution in [0.25, 0.3) is 0 Å². The van der Waals surface area contributed by atoms with Gasteiger partial charge < -0.3 is 15.5 Å². The van der Waals surface area contributed by atoms with E-state index in [0.717, 1.165) is 18.5 Å². The Morgan fingerprint density at radius 2 is 2.11 bits per heavy atom. The molecule has 3 N–H and O–H groups in total. The number of rotatable bonds is 5. The minimum absolute atomic E-state index is 0.0878. The van der Waals surface area contributed by atoms with Crippen LogP contribution in [0.2, 0.25) is 0 Å². The topological polar surface area (TPSA) is 52.5 Å². The molecule has 3 nitrogen and oxygen atoms in total. The van der Waals surface area contributed by atoms with E-state index in [0.29, 0.717) is 0 Å². The maximum absolute atomic E-state index is 9.80. The largest absolute Gasteiger partial charge is 0.508 e. The Morgan fingerprint density at radius 1 is 1.26 bits per heavy atom. The van der Waals surface area contributed by atoms with Crippen molar-refractivity contribution in [2.75, 3.05) is 6.54 Å². The van der Waals surface area contributed by atoms with Gasteiger partial charge in [0.2, 0.25) is 0 Å². The molecule has 3 heteroatoms. The van der Waals surface area contributed by atoms with Gasteiger partial charge in [-0.2, -0.15) is 0 Å². The van der Waals surface area contributed by atoms with E-state index in [4.69, 9.17) is 0 Å². The monoisotopic (exact) mass is 261 g/mol. The Bertz CT molecular complexity index is 454. The van der Waals surface area contributed by atoms with E-state index in [1.807, 2.05) is 6.92 Å². The predicted molar refractivity (Wildman–Crippen MR) is 77.4 cm³/mol. The van der Waals surface area contributed by atoms with E-state index < -0.39 is 0 Å². The highest BCUT2D eigenvalue weighted by atomic mass is 16.3. The van der Waals surface area contributed by atoms with Gasteiger partial charge in [0.1, 0.15) is 11.5 Å². The van der Waals surface area contributed by atoms with E-state index in [1.165, 1.54) is 31.7 Å². The molecule has 0 amide bonds. The zero-order chi connectivity index (χ0) is 13.7. The molecule has 1 unspecified atom stereocenters. The van der Waals surface area contributed by atoms with Crippen molar-refractivity contribution in [3.05, 3.63) is 35.4 Å². The molecular weight excluding hydrogens is 238 g/mol. The van der Waals surface area contributed by atoms with Gasteiger partial charge in [0.05, 0.1) is 0 Å². The highest BCUT2D eigenvalue weighted by molar-refractivity contribution is 5.40. The Hall–Kier alpha value is -1.48. The van der Waals surface area contributed by atoms with Gasteiger partial charge in [-0.3, -0.25) is 0 Å². The summed E-state index contributed by atoms with van der Waals surface area (Å²) < 4.78 is 0. The number of aromatic hydroxyl groups is 2. The van der Waals surface area contributed by atoms with Crippen molar-refractivity contribution in [1.29, 1.82) is 0 Å². The van der Waals surface area contributed by atoms with E-state index in [1.54, 1.807) is 17.7 Å². The molecule has 0 aromatic heterocycles. The number of allylic oxidation sites excluding steroid dienone is 1. The SMILES string of the molecule is CC(NCCC1=CCCCC1)c1ccc(O)cc1O. The summed E-state index contributed by atoms with van der Waals surface area (Å²) in [6.45, 7) is 2.95. The van der Waals surface area contributed by atoms with Gasteiger partial charge >= 0.3 is 0 Å². The first-order chi connectivity index (χ1) is 9.16. The van der Waals surface area contributed by atoms with Crippen LogP contribution >= 0.6 is 0 Å². The third-order valence-electron chi connectivity index (χ3n) is 3.76. The lowest BCUT2D eigenvalue weighted by atomic mass is 9.97. The van der Waals surface area contributed by atoms with Gasteiger partial charge in [-0.05, 0) is 51.6 Å². The quantitative estimate of drug-likeness (QED) is 0.709. The molecule has 0 aliphatic heterocycles. The van der Waals surface area contributed by atoms with Gasteiger partial charge in [-0.25, -0.2) is 0 Å². The number of phenolic OH excluding ortho intramolecular Hbond substituents is 2. The van der Waals surface area contributed by atoms with Gasteiger partial charge in [0.15, 0.2) is 0 Å². The van der Waals surface area contributed by atoms with Crippen LogP contribution in [-0.2, 0) is 0 Å². The van der Waals surface area contributed by atoms with Crippen LogP contribution in [0.15, 0.2) is 29.8 Å². The smallest absolute Gasteiger partial charge is 0.124 e. The van der Waals surface area contributed by atoms with Crippen molar-refractivity contribution in [2.45, 2.75) is 45.1 Å². The summed E-state index contributed by atoms with van der Waals surface area (Å²) in [7, 11) is 0. The maximum Gasteiger partial charge on any atom is 0.124 e. The molecular formula is C16H23NO2. The molecule has 1 atom stereocenters. The average Bonchev–Trinajstić information content (AvgIpc) is 2.39. The van der Waals surface area contributed by atoms with Crippen molar-refractivity contribution < 1.29 is 10.2 Å². The number of phenols is 2. The normalized spacial score (nSPS) is 17.0. The Morgan fingerprint density at radius 3 is 2.79 bits per heavy atom. The van der Waals surface area contributed by atoms with Crippen molar-refractivity contribution in [3.63, 3.8) is 0 Å². The number of benzene rings is 1. The highest BCUT2D eigenvalue weighted by Crippen LogP contribution is 2.28. The summed E-state index contributed by atoms with van der Waals surface area (Å²) in [5.41, 5.74) is 2.39. The highest BCUT2D eigenvalue weighted by Gasteiger charge is 2.11. The summed E-state index contributed by atoms with van der Waals surface area (Å²) in [4.78, 5) is 0. The second kappa shape index (κ2) is 6.62. The fourth-order valence-corrected chi connectivity index (χ4v) is 2.59. The molecule has 1 aromatic rings. The first-order valence-corrected chi connectivity index (χ1v) is 7.10. The van der Waals surface area contributed by atoms with Crippen LogP contribution < -0.4 is 5.32 Å². The maximum atomic E-state index is 9.80. The molecule has 0 saturated carbocycles. The Balaban J connectivity index is 1.83. The molecule has 0 spiro atoms. The molecule has 0 bridgehead atoms. The zero-order valence-electron chi connectivity index (χ0n) is 11.5. The van der Waals surface area contributed by atoms with Gasteiger partial charge in [0.25, 0.3) is 0 Å². The van der Waals surface area contributed by atoms with Crippen LogP contribution in [0.4, 0.5) is 0 Å². The van der Waals surface area contributed by atoms with E-state index >= 15 is 0 Å². The molecule has 1 aliphatic carbocycles. The summed E-state index contributed by atoms with van der Waals surface area (Å²) in [6, 6.07) is 4.85. The Labute approximate surface area is 115 Å². The van der Waals surface area contributed by atoms with Crippen molar-refractivity contribution in [2.24, 2.45) is 0 Å². The standard InChI is InChI=1S/C16H23NO2/c1-12(15-8-7-14(18)11-16(15)19)17-10-9-13-5-3-2-4-6-13/h5,7-8,11-12,17-19H,2-4,6,9-10H2,1H3. The van der Waals surface area contributed by atoms with Gasteiger partial charge in [-0.15, -0.1) is 0 Å². The third kappa shape index (κ3) is 4.00. The second-order valence-corrected chi connectivity index (χ2v) is 5.28. The van der Waals surface area contributed by atoms with Crippen LogP contribution in [0, 0.1) is 0 Å². The fraction of sp³-hybridized carbons (Fsp3) is 0.500. The third-order valence-corrected chi connectivity index (χ3v) is 3.76. The van der Waals surface area contributed by atoms with Crippen LogP contribution in [0.5, 0.6) is 11.5 Å². The van der Waals surface area contributed by atoms with Crippen molar-refractivity contribution in [3.8, 4) is 11.5 Å². The number of nitrogens with one attached hydrogen (secondary N) is 1. The summed E-state index contributed by atoms with van der Waals surface area (Å²) in [5.74, 6) is 0.248. The molecule has 1 aromatic carbocycles. The molecule has 0 radical (unpaired) electrons. The lowest BCUT2D eigenvalue weighted by molar-refractivity contribution is 0.436. The fourth-order valence-electron chi connectivity index (χ4n) is 2.59. The molecule has 104 valence electrons. The van der Waals surface area contributed by atoms with Crippen LogP contribution in [0.1, 0.15) is 50.6 Å². The van der Waals surface area contributed by atoms with E-state index in [2.05, 4.69) is 11.4 Å². The summed E-state index contributed by atoms with van der Waals surface area (Å²) in [5, 5.41) is 22.5. The molecule has 19 heavy (non-hydrogen) atoms. The minimum Gasteiger partial charge on any atom is -0.508 e.